The quantitative estimate of drug-likeness (QED) is 0.617. The van der Waals surface area contributed by atoms with E-state index in [1.165, 1.54) is 18.1 Å². The number of carbonyl (C=O) groups excluding carboxylic acids is 3. The lowest BCUT2D eigenvalue weighted by Crippen LogP contribution is -2.58. The number of hydrogen-bond donors (Lipinski definition) is 1. The van der Waals surface area contributed by atoms with Gasteiger partial charge in [0.05, 0.1) is 7.11 Å². The molecule has 1 aromatic carbocycles. The van der Waals surface area contributed by atoms with Gasteiger partial charge >= 0.3 is 6.03 Å². The maximum Gasteiger partial charge on any atom is 0.331 e. The predicted molar refractivity (Wildman–Crippen MR) is 95.9 cm³/mol. The van der Waals surface area contributed by atoms with Crippen molar-refractivity contribution in [2.75, 3.05) is 7.11 Å². The minimum absolute atomic E-state index is 0.0541. The van der Waals surface area contributed by atoms with E-state index in [0.29, 0.717) is 11.3 Å². The summed E-state index contributed by atoms with van der Waals surface area (Å²) >= 11 is 3.37. The van der Waals surface area contributed by atoms with Crippen molar-refractivity contribution in [2.24, 2.45) is 0 Å². The Morgan fingerprint density at radius 2 is 1.92 bits per heavy atom. The van der Waals surface area contributed by atoms with Gasteiger partial charge in [-0.1, -0.05) is 35.2 Å². The SMILES string of the molecule is COc1ccc(Br)cc1/C=C1/C(=O)NC(=O)N(C2CCCCC2)C1=O. The highest BCUT2D eigenvalue weighted by Crippen LogP contribution is 2.29. The van der Waals surface area contributed by atoms with Crippen LogP contribution in [0, 0.1) is 0 Å². The Bertz CT molecular complexity index is 753. The summed E-state index contributed by atoms with van der Waals surface area (Å²) in [4.78, 5) is 38.5. The van der Waals surface area contributed by atoms with Gasteiger partial charge in [-0.3, -0.25) is 19.8 Å². The van der Waals surface area contributed by atoms with E-state index in [9.17, 15) is 14.4 Å². The van der Waals surface area contributed by atoms with E-state index in [1.54, 1.807) is 12.1 Å². The minimum Gasteiger partial charge on any atom is -0.496 e. The second kappa shape index (κ2) is 7.39. The standard InChI is InChI=1S/C18H19BrN2O4/c1-25-15-8-7-12(19)9-11(15)10-14-16(22)20-18(24)21(17(14)23)13-5-3-2-4-6-13/h7-10,13H,2-6H2,1H3,(H,20,22,24)/b14-10-. The molecule has 3 rings (SSSR count). The van der Waals surface area contributed by atoms with Crippen LogP contribution in [0.25, 0.3) is 6.08 Å². The van der Waals surface area contributed by atoms with E-state index < -0.39 is 17.8 Å². The third kappa shape index (κ3) is 3.61. The topological polar surface area (TPSA) is 75.7 Å². The molecule has 0 aromatic heterocycles. The minimum atomic E-state index is -0.677. The molecule has 1 aromatic rings. The van der Waals surface area contributed by atoms with Gasteiger partial charge in [-0.2, -0.15) is 0 Å². The Labute approximate surface area is 154 Å². The van der Waals surface area contributed by atoms with Crippen molar-refractivity contribution in [1.82, 2.24) is 10.2 Å². The van der Waals surface area contributed by atoms with Crippen molar-refractivity contribution in [2.45, 2.75) is 38.1 Å². The van der Waals surface area contributed by atoms with Gasteiger partial charge in [0.15, 0.2) is 0 Å². The Balaban J connectivity index is 1.97. The van der Waals surface area contributed by atoms with Gasteiger partial charge in [-0.05, 0) is 37.1 Å². The van der Waals surface area contributed by atoms with Crippen LogP contribution in [0.4, 0.5) is 4.79 Å². The fraction of sp³-hybridized carbons (Fsp3) is 0.389. The molecule has 1 saturated carbocycles. The molecule has 0 bridgehead atoms. The maximum atomic E-state index is 12.9. The van der Waals surface area contributed by atoms with Crippen molar-refractivity contribution in [3.8, 4) is 5.75 Å². The lowest BCUT2D eigenvalue weighted by atomic mass is 9.93. The van der Waals surface area contributed by atoms with E-state index in [-0.39, 0.29) is 11.6 Å². The molecule has 132 valence electrons. The number of barbiturate groups is 1. The van der Waals surface area contributed by atoms with Crippen molar-refractivity contribution >= 4 is 39.9 Å². The van der Waals surface area contributed by atoms with Gasteiger partial charge in [0.25, 0.3) is 11.8 Å². The first-order valence-electron chi connectivity index (χ1n) is 8.25. The number of hydrogen-bond acceptors (Lipinski definition) is 4. The molecule has 6 nitrogen and oxygen atoms in total. The summed E-state index contributed by atoms with van der Waals surface area (Å²) in [7, 11) is 1.52. The number of nitrogens with zero attached hydrogens (tertiary/aromatic N) is 1. The Kier molecular flexibility index (Phi) is 5.22. The summed E-state index contributed by atoms with van der Waals surface area (Å²) in [6.07, 6.45) is 6.10. The first kappa shape index (κ1) is 17.7. The Morgan fingerprint density at radius 3 is 2.60 bits per heavy atom. The summed E-state index contributed by atoms with van der Waals surface area (Å²) in [5.74, 6) is -0.677. The molecule has 1 N–H and O–H groups in total. The molecule has 1 aliphatic carbocycles. The molecule has 1 aliphatic heterocycles. The van der Waals surface area contributed by atoms with Crippen LogP contribution in [-0.2, 0) is 9.59 Å². The number of carbonyl (C=O) groups is 3. The number of ether oxygens (including phenoxy) is 1. The highest BCUT2D eigenvalue weighted by atomic mass is 79.9. The van der Waals surface area contributed by atoms with Gasteiger partial charge in [0, 0.05) is 16.1 Å². The van der Waals surface area contributed by atoms with Gasteiger partial charge < -0.3 is 4.74 Å². The number of benzene rings is 1. The summed E-state index contributed by atoms with van der Waals surface area (Å²) in [5, 5.41) is 2.29. The fourth-order valence-electron chi connectivity index (χ4n) is 3.32. The van der Waals surface area contributed by atoms with E-state index in [1.807, 2.05) is 6.07 Å². The smallest absolute Gasteiger partial charge is 0.331 e. The second-order valence-electron chi connectivity index (χ2n) is 6.17. The molecule has 2 fully saturated rings. The van der Waals surface area contributed by atoms with Crippen LogP contribution >= 0.6 is 15.9 Å². The maximum absolute atomic E-state index is 12.9. The number of halogens is 1. The molecule has 7 heteroatoms. The van der Waals surface area contributed by atoms with Crippen molar-refractivity contribution < 1.29 is 19.1 Å². The molecular weight excluding hydrogens is 388 g/mol. The van der Waals surface area contributed by atoms with Crippen molar-refractivity contribution in [3.05, 3.63) is 33.8 Å². The second-order valence-corrected chi connectivity index (χ2v) is 7.09. The summed E-state index contributed by atoms with van der Waals surface area (Å²) in [5.41, 5.74) is 0.537. The lowest BCUT2D eigenvalue weighted by Gasteiger charge is -2.35. The summed E-state index contributed by atoms with van der Waals surface area (Å²) in [6.45, 7) is 0. The highest BCUT2D eigenvalue weighted by Gasteiger charge is 2.40. The molecule has 0 radical (unpaired) electrons. The summed E-state index contributed by atoms with van der Waals surface area (Å²) in [6, 6.07) is 4.53. The highest BCUT2D eigenvalue weighted by molar-refractivity contribution is 9.10. The normalized spacial score (nSPS) is 20.8. The molecule has 0 unspecified atom stereocenters. The Hall–Kier alpha value is -2.15. The third-order valence-electron chi connectivity index (χ3n) is 4.56. The van der Waals surface area contributed by atoms with Crippen LogP contribution in [0.1, 0.15) is 37.7 Å². The molecule has 0 spiro atoms. The van der Waals surface area contributed by atoms with E-state index in [0.717, 1.165) is 36.6 Å². The van der Waals surface area contributed by atoms with E-state index in [4.69, 9.17) is 4.74 Å². The molecule has 1 saturated heterocycles. The zero-order chi connectivity index (χ0) is 18.0. The fourth-order valence-corrected chi connectivity index (χ4v) is 3.69. The molecule has 4 amide bonds. The lowest BCUT2D eigenvalue weighted by molar-refractivity contribution is -0.132. The van der Waals surface area contributed by atoms with Gasteiger partial charge in [-0.25, -0.2) is 4.79 Å². The molecular formula is C18H19BrN2O4. The summed E-state index contributed by atoms with van der Waals surface area (Å²) < 4.78 is 6.08. The monoisotopic (exact) mass is 406 g/mol. The number of urea groups is 1. The largest absolute Gasteiger partial charge is 0.496 e. The van der Waals surface area contributed by atoms with Crippen LogP contribution in [0.15, 0.2) is 28.2 Å². The van der Waals surface area contributed by atoms with E-state index >= 15 is 0 Å². The number of methoxy groups -OCH3 is 1. The number of amides is 4. The third-order valence-corrected chi connectivity index (χ3v) is 5.06. The van der Waals surface area contributed by atoms with Crippen LogP contribution in [0.3, 0.4) is 0 Å². The number of nitrogens with one attached hydrogen (secondary N) is 1. The molecule has 1 heterocycles. The van der Waals surface area contributed by atoms with Crippen molar-refractivity contribution in [1.29, 1.82) is 0 Å². The average Bonchev–Trinajstić information content (AvgIpc) is 2.59. The zero-order valence-corrected chi connectivity index (χ0v) is 15.5. The van der Waals surface area contributed by atoms with Crippen molar-refractivity contribution in [3.63, 3.8) is 0 Å². The number of imide groups is 2. The van der Waals surface area contributed by atoms with Gasteiger partial charge in [0.2, 0.25) is 0 Å². The average molecular weight is 407 g/mol. The first-order valence-corrected chi connectivity index (χ1v) is 9.04. The van der Waals surface area contributed by atoms with Crippen LogP contribution < -0.4 is 10.1 Å². The van der Waals surface area contributed by atoms with E-state index in [2.05, 4.69) is 21.2 Å². The Morgan fingerprint density at radius 1 is 1.20 bits per heavy atom. The predicted octanol–water partition coefficient (Wildman–Crippen LogP) is 3.25. The number of rotatable bonds is 3. The van der Waals surface area contributed by atoms with Gasteiger partial charge in [-0.15, -0.1) is 0 Å². The van der Waals surface area contributed by atoms with Crippen LogP contribution in [0.2, 0.25) is 0 Å². The first-order chi connectivity index (χ1) is 12.0. The molecule has 0 atom stereocenters. The molecule has 2 aliphatic rings. The zero-order valence-electron chi connectivity index (χ0n) is 13.9. The molecule has 25 heavy (non-hydrogen) atoms. The van der Waals surface area contributed by atoms with Gasteiger partial charge in [0.1, 0.15) is 11.3 Å². The van der Waals surface area contributed by atoms with Crippen LogP contribution in [-0.4, -0.2) is 35.9 Å². The van der Waals surface area contributed by atoms with Crippen LogP contribution in [0.5, 0.6) is 5.75 Å².